The number of carbonyl (C=O) groups excluding carboxylic acids is 2. The van der Waals surface area contributed by atoms with Crippen molar-refractivity contribution in [1.82, 2.24) is 9.80 Å². The number of morpholine rings is 1. The molecule has 2 fully saturated rings. The average molecular weight is 458 g/mol. The molecule has 0 spiro atoms. The molecule has 2 aromatic rings. The van der Waals surface area contributed by atoms with Crippen LogP contribution >= 0.6 is 11.6 Å². The van der Waals surface area contributed by atoms with Gasteiger partial charge in [-0.3, -0.25) is 9.59 Å². The van der Waals surface area contributed by atoms with Crippen molar-refractivity contribution in [2.24, 2.45) is 0 Å². The number of methoxy groups -OCH3 is 1. The van der Waals surface area contributed by atoms with Crippen LogP contribution in [-0.2, 0) is 9.53 Å². The quantitative estimate of drug-likeness (QED) is 0.705. The van der Waals surface area contributed by atoms with Crippen LogP contribution in [0.4, 0.5) is 5.69 Å². The van der Waals surface area contributed by atoms with E-state index in [0.717, 1.165) is 24.3 Å². The van der Waals surface area contributed by atoms with E-state index in [4.69, 9.17) is 21.1 Å². The van der Waals surface area contributed by atoms with Gasteiger partial charge in [0.05, 0.1) is 37.1 Å². The maximum Gasteiger partial charge on any atom is 0.254 e. The number of para-hydroxylation sites is 1. The molecular formula is C24H28ClN3O4. The largest absolute Gasteiger partial charge is 0.496 e. The first-order chi connectivity index (χ1) is 15.5. The number of benzene rings is 2. The van der Waals surface area contributed by atoms with E-state index in [1.54, 1.807) is 31.1 Å². The normalized spacial score (nSPS) is 19.1. The second-order valence-electron chi connectivity index (χ2n) is 7.99. The van der Waals surface area contributed by atoms with Gasteiger partial charge in [0.15, 0.2) is 0 Å². The van der Waals surface area contributed by atoms with Crippen LogP contribution in [0.25, 0.3) is 0 Å². The molecule has 2 aromatic carbocycles. The average Bonchev–Trinajstić information content (AvgIpc) is 2.84. The lowest BCUT2D eigenvalue weighted by Gasteiger charge is -2.42. The van der Waals surface area contributed by atoms with Crippen LogP contribution in [-0.4, -0.2) is 74.7 Å². The molecule has 2 saturated heterocycles. The molecule has 2 aliphatic rings. The lowest BCUT2D eigenvalue weighted by molar-refractivity contribution is -0.131. The molecule has 0 bridgehead atoms. The van der Waals surface area contributed by atoms with Gasteiger partial charge >= 0.3 is 0 Å². The number of nitrogens with zero attached hydrogens (tertiary/aromatic N) is 3. The summed E-state index contributed by atoms with van der Waals surface area (Å²) in [6, 6.07) is 12.8. The topological polar surface area (TPSA) is 62.3 Å². The van der Waals surface area contributed by atoms with Gasteiger partial charge < -0.3 is 24.2 Å². The summed E-state index contributed by atoms with van der Waals surface area (Å²) in [7, 11) is 1.62. The summed E-state index contributed by atoms with van der Waals surface area (Å²) in [5.74, 6) is 0.610. The zero-order chi connectivity index (χ0) is 22.7. The Morgan fingerprint density at radius 2 is 1.81 bits per heavy atom. The summed E-state index contributed by atoms with van der Waals surface area (Å²) in [6.45, 7) is 5.66. The van der Waals surface area contributed by atoms with Crippen LogP contribution in [0.15, 0.2) is 42.5 Å². The molecule has 0 saturated carbocycles. The molecule has 1 atom stereocenters. The maximum absolute atomic E-state index is 13.7. The van der Waals surface area contributed by atoms with Crippen LogP contribution in [0.5, 0.6) is 5.75 Å². The fourth-order valence-corrected chi connectivity index (χ4v) is 4.62. The van der Waals surface area contributed by atoms with Crippen molar-refractivity contribution in [2.75, 3.05) is 57.9 Å². The van der Waals surface area contributed by atoms with Crippen molar-refractivity contribution >= 4 is 29.1 Å². The van der Waals surface area contributed by atoms with Crippen LogP contribution in [0, 0.1) is 0 Å². The minimum atomic E-state index is -0.307. The van der Waals surface area contributed by atoms with E-state index in [1.165, 1.54) is 0 Å². The van der Waals surface area contributed by atoms with Gasteiger partial charge in [0.1, 0.15) is 5.75 Å². The molecule has 2 heterocycles. The number of halogens is 1. The standard InChI is InChI=1S/C24H28ClN3O4/c1-17(29)27-9-10-28(22(16-27)19-5-3-4-6-23(19)31-2)24(30)18-7-8-20(25)21(15-18)26-11-13-32-14-12-26/h3-8,15,22H,9-14,16H2,1-2H3. The molecular weight excluding hydrogens is 430 g/mol. The maximum atomic E-state index is 13.7. The first kappa shape index (κ1) is 22.4. The predicted molar refractivity (Wildman–Crippen MR) is 124 cm³/mol. The van der Waals surface area contributed by atoms with Crippen molar-refractivity contribution in [3.8, 4) is 5.75 Å². The Morgan fingerprint density at radius 1 is 1.06 bits per heavy atom. The lowest BCUT2D eigenvalue weighted by atomic mass is 9.99. The number of carbonyl (C=O) groups is 2. The third kappa shape index (κ3) is 4.54. The van der Waals surface area contributed by atoms with E-state index in [0.29, 0.717) is 49.2 Å². The summed E-state index contributed by atoms with van der Waals surface area (Å²) >= 11 is 6.47. The summed E-state index contributed by atoms with van der Waals surface area (Å²) in [5, 5.41) is 0.617. The van der Waals surface area contributed by atoms with Gasteiger partial charge in [-0.2, -0.15) is 0 Å². The minimum absolute atomic E-state index is 0.00177. The molecule has 7 nitrogen and oxygen atoms in total. The first-order valence-electron chi connectivity index (χ1n) is 10.8. The highest BCUT2D eigenvalue weighted by Gasteiger charge is 2.35. The lowest BCUT2D eigenvalue weighted by Crippen LogP contribution is -2.52. The van der Waals surface area contributed by atoms with E-state index in [9.17, 15) is 9.59 Å². The SMILES string of the molecule is COc1ccccc1C1CN(C(C)=O)CCN1C(=O)c1ccc(Cl)c(N2CCOCC2)c1. The Hall–Kier alpha value is -2.77. The van der Waals surface area contributed by atoms with Gasteiger partial charge in [-0.25, -0.2) is 0 Å². The summed E-state index contributed by atoms with van der Waals surface area (Å²) in [4.78, 5) is 31.6. The highest BCUT2D eigenvalue weighted by atomic mass is 35.5. The fourth-order valence-electron chi connectivity index (χ4n) is 4.38. The molecule has 0 aliphatic carbocycles. The van der Waals surface area contributed by atoms with E-state index in [1.807, 2.05) is 35.2 Å². The van der Waals surface area contributed by atoms with Crippen LogP contribution in [0.1, 0.15) is 28.9 Å². The van der Waals surface area contributed by atoms with Crippen LogP contribution in [0.2, 0.25) is 5.02 Å². The van der Waals surface area contributed by atoms with Crippen LogP contribution < -0.4 is 9.64 Å². The van der Waals surface area contributed by atoms with Gasteiger partial charge in [0, 0.05) is 50.8 Å². The van der Waals surface area contributed by atoms with E-state index in [-0.39, 0.29) is 17.9 Å². The molecule has 1 unspecified atom stereocenters. The highest BCUT2D eigenvalue weighted by molar-refractivity contribution is 6.33. The number of amides is 2. The zero-order valence-corrected chi connectivity index (χ0v) is 19.2. The predicted octanol–water partition coefficient (Wildman–Crippen LogP) is 3.23. The number of anilines is 1. The van der Waals surface area contributed by atoms with Gasteiger partial charge in [-0.05, 0) is 24.3 Å². The van der Waals surface area contributed by atoms with Crippen LogP contribution in [0.3, 0.4) is 0 Å². The second-order valence-corrected chi connectivity index (χ2v) is 8.39. The Labute approximate surface area is 193 Å². The van der Waals surface area contributed by atoms with Crippen molar-refractivity contribution in [3.63, 3.8) is 0 Å². The Kier molecular flexibility index (Phi) is 6.86. The van der Waals surface area contributed by atoms with Gasteiger partial charge in [-0.1, -0.05) is 29.8 Å². The monoisotopic (exact) mass is 457 g/mol. The molecule has 2 aliphatic heterocycles. The summed E-state index contributed by atoms with van der Waals surface area (Å²) in [6.07, 6.45) is 0. The number of hydrogen-bond donors (Lipinski definition) is 0. The van der Waals surface area contributed by atoms with Crippen molar-refractivity contribution in [3.05, 3.63) is 58.6 Å². The second kappa shape index (κ2) is 9.79. The Morgan fingerprint density at radius 3 is 2.53 bits per heavy atom. The third-order valence-corrected chi connectivity index (χ3v) is 6.45. The van der Waals surface area contributed by atoms with Gasteiger partial charge in [-0.15, -0.1) is 0 Å². The molecule has 32 heavy (non-hydrogen) atoms. The van der Waals surface area contributed by atoms with Gasteiger partial charge in [0.2, 0.25) is 5.91 Å². The van der Waals surface area contributed by atoms with E-state index in [2.05, 4.69) is 4.90 Å². The minimum Gasteiger partial charge on any atom is -0.496 e. The van der Waals surface area contributed by atoms with E-state index >= 15 is 0 Å². The number of piperazine rings is 1. The molecule has 0 aromatic heterocycles. The number of rotatable bonds is 4. The highest BCUT2D eigenvalue weighted by Crippen LogP contribution is 2.34. The smallest absolute Gasteiger partial charge is 0.254 e. The Balaban J connectivity index is 1.67. The van der Waals surface area contributed by atoms with E-state index < -0.39 is 0 Å². The third-order valence-electron chi connectivity index (χ3n) is 6.13. The molecule has 2 amide bonds. The van der Waals surface area contributed by atoms with Crippen molar-refractivity contribution < 1.29 is 19.1 Å². The summed E-state index contributed by atoms with van der Waals surface area (Å²) < 4.78 is 11.0. The zero-order valence-electron chi connectivity index (χ0n) is 18.4. The molecule has 0 N–H and O–H groups in total. The van der Waals surface area contributed by atoms with Gasteiger partial charge in [0.25, 0.3) is 5.91 Å². The molecule has 0 radical (unpaired) electrons. The van der Waals surface area contributed by atoms with Crippen molar-refractivity contribution in [1.29, 1.82) is 0 Å². The molecule has 4 rings (SSSR count). The number of ether oxygens (including phenoxy) is 2. The Bertz CT molecular complexity index is 993. The fraction of sp³-hybridized carbons (Fsp3) is 0.417. The molecule has 170 valence electrons. The number of hydrogen-bond acceptors (Lipinski definition) is 5. The molecule has 8 heteroatoms. The first-order valence-corrected chi connectivity index (χ1v) is 11.2. The summed E-state index contributed by atoms with van der Waals surface area (Å²) in [5.41, 5.74) is 2.31. The van der Waals surface area contributed by atoms with Crippen molar-refractivity contribution in [2.45, 2.75) is 13.0 Å².